The third-order valence-electron chi connectivity index (χ3n) is 11.5. The van der Waals surface area contributed by atoms with Crippen molar-refractivity contribution in [2.45, 2.75) is 19.3 Å². The van der Waals surface area contributed by atoms with Crippen LogP contribution in [0.25, 0.3) is 88.5 Å². The fraction of sp³-hybridized carbons (Fsp3) is 0.0600. The van der Waals surface area contributed by atoms with Crippen LogP contribution in [0.5, 0.6) is 0 Å². The lowest BCUT2D eigenvalue weighted by Crippen LogP contribution is -2.16. The predicted octanol–water partition coefficient (Wildman–Crippen LogP) is 12.9. The molecule has 250 valence electrons. The van der Waals surface area contributed by atoms with Gasteiger partial charge in [0, 0.05) is 50.1 Å². The second-order valence-electron chi connectivity index (χ2n) is 14.8. The summed E-state index contributed by atoms with van der Waals surface area (Å²) in [6, 6.07) is 62.0. The number of para-hydroxylation sites is 2. The minimum atomic E-state index is -0.133. The van der Waals surface area contributed by atoms with E-state index in [9.17, 15) is 0 Å². The molecular formula is C50H35N3. The van der Waals surface area contributed by atoms with Crippen LogP contribution in [0.1, 0.15) is 25.0 Å². The van der Waals surface area contributed by atoms with E-state index in [1.807, 2.05) is 18.3 Å². The van der Waals surface area contributed by atoms with E-state index >= 15 is 0 Å². The van der Waals surface area contributed by atoms with Crippen molar-refractivity contribution in [3.05, 3.63) is 187 Å². The molecule has 3 heterocycles. The summed E-state index contributed by atoms with van der Waals surface area (Å²) in [4.78, 5) is 4.62. The summed E-state index contributed by atoms with van der Waals surface area (Å²) in [5.41, 5.74) is 17.0. The Morgan fingerprint density at radius 1 is 0.434 bits per heavy atom. The van der Waals surface area contributed by atoms with Crippen LogP contribution in [-0.2, 0) is 5.41 Å². The molecule has 7 aromatic carbocycles. The molecule has 0 N–H and O–H groups in total. The van der Waals surface area contributed by atoms with Gasteiger partial charge in [-0.25, -0.2) is 0 Å². The second kappa shape index (κ2) is 11.1. The van der Waals surface area contributed by atoms with Crippen LogP contribution in [0.4, 0.5) is 0 Å². The lowest BCUT2D eigenvalue weighted by molar-refractivity contribution is 0.664. The zero-order valence-electron chi connectivity index (χ0n) is 29.6. The fourth-order valence-electron chi connectivity index (χ4n) is 9.16. The molecule has 1 aliphatic carbocycles. The van der Waals surface area contributed by atoms with Crippen LogP contribution in [0.3, 0.4) is 0 Å². The third-order valence-corrected chi connectivity index (χ3v) is 11.5. The molecule has 0 atom stereocenters. The number of benzene rings is 7. The zero-order valence-corrected chi connectivity index (χ0v) is 29.6. The van der Waals surface area contributed by atoms with Crippen molar-refractivity contribution >= 4 is 43.6 Å². The van der Waals surface area contributed by atoms with E-state index < -0.39 is 0 Å². The van der Waals surface area contributed by atoms with Crippen molar-refractivity contribution in [3.63, 3.8) is 0 Å². The first kappa shape index (κ1) is 30.0. The zero-order chi connectivity index (χ0) is 35.3. The van der Waals surface area contributed by atoms with Gasteiger partial charge in [0.15, 0.2) is 0 Å². The van der Waals surface area contributed by atoms with Gasteiger partial charge in [0.2, 0.25) is 0 Å². The van der Waals surface area contributed by atoms with E-state index in [4.69, 9.17) is 0 Å². The third kappa shape index (κ3) is 4.31. The molecule has 0 bridgehead atoms. The Labute approximate surface area is 308 Å². The Morgan fingerprint density at radius 3 is 1.92 bits per heavy atom. The number of nitrogens with zero attached hydrogens (tertiary/aromatic N) is 3. The molecule has 0 saturated heterocycles. The molecule has 0 saturated carbocycles. The van der Waals surface area contributed by atoms with Crippen molar-refractivity contribution in [2.75, 3.05) is 0 Å². The number of hydrogen-bond acceptors (Lipinski definition) is 1. The van der Waals surface area contributed by atoms with E-state index in [0.717, 1.165) is 16.9 Å². The molecule has 1 aliphatic rings. The normalized spacial score (nSPS) is 13.2. The van der Waals surface area contributed by atoms with Gasteiger partial charge in [-0.05, 0) is 100 Å². The van der Waals surface area contributed by atoms with E-state index in [1.54, 1.807) is 0 Å². The minimum Gasteiger partial charge on any atom is -0.309 e. The number of hydrogen-bond donors (Lipinski definition) is 0. The highest BCUT2D eigenvalue weighted by Crippen LogP contribution is 2.53. The SMILES string of the molecule is CC1(C)c2ccccc2-c2ccc3c4cc(-c5ccc6c(c5)c5ccccc5n6-c5cccc(-c6ccccn6)c5)ccc4n(-c4ccccc4)c3c21. The highest BCUT2D eigenvalue weighted by Gasteiger charge is 2.38. The molecule has 3 nitrogen and oxygen atoms in total. The van der Waals surface area contributed by atoms with Crippen LogP contribution in [0.15, 0.2) is 176 Å². The summed E-state index contributed by atoms with van der Waals surface area (Å²) < 4.78 is 4.88. The molecule has 3 aromatic heterocycles. The van der Waals surface area contributed by atoms with E-state index in [-0.39, 0.29) is 5.41 Å². The minimum absolute atomic E-state index is 0.133. The number of rotatable bonds is 4. The molecule has 3 heteroatoms. The lowest BCUT2D eigenvalue weighted by Gasteiger charge is -2.23. The van der Waals surface area contributed by atoms with Crippen LogP contribution in [0, 0.1) is 0 Å². The van der Waals surface area contributed by atoms with E-state index in [2.05, 4.69) is 186 Å². The van der Waals surface area contributed by atoms with Gasteiger partial charge in [-0.2, -0.15) is 0 Å². The number of pyridine rings is 1. The first-order valence-electron chi connectivity index (χ1n) is 18.4. The largest absolute Gasteiger partial charge is 0.309 e. The quantitative estimate of drug-likeness (QED) is 0.182. The van der Waals surface area contributed by atoms with Crippen molar-refractivity contribution < 1.29 is 0 Å². The van der Waals surface area contributed by atoms with Crippen molar-refractivity contribution in [1.82, 2.24) is 14.1 Å². The van der Waals surface area contributed by atoms with Crippen LogP contribution in [0.2, 0.25) is 0 Å². The van der Waals surface area contributed by atoms with Gasteiger partial charge < -0.3 is 9.13 Å². The molecule has 10 aromatic rings. The summed E-state index contributed by atoms with van der Waals surface area (Å²) >= 11 is 0. The topological polar surface area (TPSA) is 22.8 Å². The van der Waals surface area contributed by atoms with E-state index in [0.29, 0.717) is 0 Å². The molecule has 0 amide bonds. The first-order valence-corrected chi connectivity index (χ1v) is 18.4. The second-order valence-corrected chi connectivity index (χ2v) is 14.8. The lowest BCUT2D eigenvalue weighted by atomic mass is 9.81. The average Bonchev–Trinajstić information content (AvgIpc) is 3.81. The van der Waals surface area contributed by atoms with Gasteiger partial charge in [-0.15, -0.1) is 0 Å². The van der Waals surface area contributed by atoms with Crippen LogP contribution >= 0.6 is 0 Å². The van der Waals surface area contributed by atoms with Crippen molar-refractivity contribution in [2.24, 2.45) is 0 Å². The molecule has 0 aliphatic heterocycles. The maximum atomic E-state index is 4.62. The molecule has 0 unspecified atom stereocenters. The van der Waals surface area contributed by atoms with Gasteiger partial charge >= 0.3 is 0 Å². The van der Waals surface area contributed by atoms with Gasteiger partial charge in [0.25, 0.3) is 0 Å². The smallest absolute Gasteiger partial charge is 0.0702 e. The Balaban J connectivity index is 1.12. The van der Waals surface area contributed by atoms with Gasteiger partial charge in [0.05, 0.1) is 27.8 Å². The molecule has 0 radical (unpaired) electrons. The maximum absolute atomic E-state index is 4.62. The Bertz CT molecular complexity index is 3070. The highest BCUT2D eigenvalue weighted by atomic mass is 15.0. The molecular weight excluding hydrogens is 643 g/mol. The molecule has 0 fully saturated rings. The summed E-state index contributed by atoms with van der Waals surface area (Å²) in [7, 11) is 0. The van der Waals surface area contributed by atoms with Crippen molar-refractivity contribution in [1.29, 1.82) is 0 Å². The average molecular weight is 678 g/mol. The summed E-state index contributed by atoms with van der Waals surface area (Å²) in [6.07, 6.45) is 1.85. The Hall–Kier alpha value is -6.71. The first-order chi connectivity index (χ1) is 26.1. The summed E-state index contributed by atoms with van der Waals surface area (Å²) in [5.74, 6) is 0. The summed E-state index contributed by atoms with van der Waals surface area (Å²) in [5, 5.41) is 5.04. The Kier molecular flexibility index (Phi) is 6.30. The van der Waals surface area contributed by atoms with Gasteiger partial charge in [0.1, 0.15) is 0 Å². The Morgan fingerprint density at radius 2 is 1.11 bits per heavy atom. The van der Waals surface area contributed by atoms with Crippen LogP contribution in [-0.4, -0.2) is 14.1 Å². The molecule has 11 rings (SSSR count). The predicted molar refractivity (Wildman–Crippen MR) is 221 cm³/mol. The standard InChI is InChI=1S/C50H35N3/c1-50(2)43-19-8-6-17-37(43)39-24-25-40-42-31-33(23-27-47(42)53(49(40)48(39)50)35-14-4-3-5-15-35)32-22-26-46-41(30-32)38-18-7-9-21-45(38)52(46)36-16-12-13-34(29-36)44-20-10-11-28-51-44/h3-31H,1-2H3. The number of aromatic nitrogens is 3. The van der Waals surface area contributed by atoms with Crippen molar-refractivity contribution in [3.8, 4) is 44.9 Å². The molecule has 0 spiro atoms. The highest BCUT2D eigenvalue weighted by molar-refractivity contribution is 6.15. The monoisotopic (exact) mass is 677 g/mol. The number of fused-ring (bicyclic) bond motifs is 10. The van der Waals surface area contributed by atoms with E-state index in [1.165, 1.54) is 82.7 Å². The fourth-order valence-corrected chi connectivity index (χ4v) is 9.16. The molecule has 53 heavy (non-hydrogen) atoms. The van der Waals surface area contributed by atoms with Crippen LogP contribution < -0.4 is 0 Å². The van der Waals surface area contributed by atoms with Gasteiger partial charge in [-0.3, -0.25) is 4.98 Å². The summed E-state index contributed by atoms with van der Waals surface area (Å²) in [6.45, 7) is 4.77. The maximum Gasteiger partial charge on any atom is 0.0702 e. The van der Waals surface area contributed by atoms with Gasteiger partial charge in [-0.1, -0.05) is 117 Å².